The molecule has 0 N–H and O–H groups in total. The molecule has 0 atom stereocenters. The maximum Gasteiger partial charge on any atom is 0.0831 e. The lowest BCUT2D eigenvalue weighted by molar-refractivity contribution is 0.589. The van der Waals surface area contributed by atoms with E-state index in [1.54, 1.807) is 6.92 Å². The highest BCUT2D eigenvalue weighted by Crippen LogP contribution is 2.33. The van der Waals surface area contributed by atoms with Gasteiger partial charge in [0.15, 0.2) is 0 Å². The minimum Gasteiger partial charge on any atom is -0.256 e. The predicted octanol–water partition coefficient (Wildman–Crippen LogP) is 1.33. The van der Waals surface area contributed by atoms with Gasteiger partial charge in [-0.15, -0.1) is 0 Å². The number of rotatable bonds is 6. The molecule has 0 heterocycles. The molecule has 0 saturated carbocycles. The lowest BCUT2D eigenvalue weighted by atomic mass is 10.2. The van der Waals surface area contributed by atoms with Gasteiger partial charge in [0.05, 0.1) is 33.4 Å². The van der Waals surface area contributed by atoms with Gasteiger partial charge < -0.3 is 0 Å². The molecule has 0 aliphatic heterocycles. The van der Waals surface area contributed by atoms with Crippen molar-refractivity contribution in [2.45, 2.75) is 11.8 Å². The van der Waals surface area contributed by atoms with Gasteiger partial charge in [-0.25, -0.2) is 0 Å². The summed E-state index contributed by atoms with van der Waals surface area (Å²) in [5.41, 5.74) is 0.730. The molecule has 1 rings (SSSR count). The summed E-state index contributed by atoms with van der Waals surface area (Å²) in [6.45, 7) is 7.60. The van der Waals surface area contributed by atoms with Crippen molar-refractivity contribution in [3.05, 3.63) is 57.7 Å². The first-order valence-corrected chi connectivity index (χ1v) is 10.0. The Morgan fingerprint density at radius 2 is 1.24 bits per heavy atom. The number of aryl methyl sites for hydroxylation is 1. The van der Waals surface area contributed by atoms with E-state index in [9.17, 15) is 25.3 Å². The summed E-state index contributed by atoms with van der Waals surface area (Å²) in [7, 11) is -14.2. The third-order valence-electron chi connectivity index (χ3n) is 2.45. The largest absolute Gasteiger partial charge is 0.256 e. The van der Waals surface area contributed by atoms with Gasteiger partial charge in [-0.05, 0) is 29.9 Å². The first kappa shape index (κ1) is 17.6. The lowest BCUT2D eigenvalue weighted by Gasteiger charge is -2.26. The fourth-order valence-corrected chi connectivity index (χ4v) is 7.51. The summed E-state index contributed by atoms with van der Waals surface area (Å²) >= 11 is 0. The van der Waals surface area contributed by atoms with Crippen LogP contribution in [0, 0.1) is 10.8 Å². The molecule has 0 spiro atoms. The van der Waals surface area contributed by atoms with E-state index >= 15 is 0 Å². The average Bonchev–Trinajstić information content (AvgIpc) is 2.38. The highest BCUT2D eigenvalue weighted by Gasteiger charge is 2.33. The minimum atomic E-state index is -4.76. The molecular weight excluding hydrogens is 336 g/mol. The summed E-state index contributed by atoms with van der Waals surface area (Å²) in [4.78, 5) is -0.445. The maximum atomic E-state index is 12.4. The molecule has 1 aromatic carbocycles. The maximum absolute atomic E-state index is 12.4. The normalized spacial score (nSPS) is 13.0. The molecule has 0 aliphatic carbocycles. The first-order valence-electron chi connectivity index (χ1n) is 5.43. The molecule has 0 saturated heterocycles. The second-order valence-electron chi connectivity index (χ2n) is 3.99. The third kappa shape index (κ3) is 3.42. The summed E-state index contributed by atoms with van der Waals surface area (Å²) in [6.07, 6.45) is 0. The zero-order valence-corrected chi connectivity index (χ0v) is 13.5. The van der Waals surface area contributed by atoms with Gasteiger partial charge in [0.25, 0.3) is 0 Å². The summed E-state index contributed by atoms with van der Waals surface area (Å²) in [5, 5.41) is 0.546. The summed E-state index contributed by atoms with van der Waals surface area (Å²) < 4.78 is 70.4. The molecule has 0 radical (unpaired) electrons. The van der Waals surface area contributed by atoms with Crippen LogP contribution in [0.2, 0.25) is 0 Å². The van der Waals surface area contributed by atoms with Crippen LogP contribution in [0.4, 0.5) is 0 Å². The van der Waals surface area contributed by atoms with Crippen molar-refractivity contribution in [3.8, 4) is 0 Å². The van der Waals surface area contributed by atoms with Crippen LogP contribution in [0.3, 0.4) is 0 Å². The number of hydrogen-bond donors (Lipinski definition) is 0. The number of benzene rings is 1. The Labute approximate surface area is 124 Å². The highest BCUT2D eigenvalue weighted by molar-refractivity contribution is 8.30. The van der Waals surface area contributed by atoms with Crippen LogP contribution in [0.25, 0.3) is 0 Å². The SMILES string of the molecule is C=CS(=O)(=O)[C-](S(=O)(=O)C=C)S(=O)(=O)c1ccc(C)cc1. The second kappa shape index (κ2) is 5.74. The van der Waals surface area contributed by atoms with E-state index in [0.717, 1.165) is 17.7 Å². The van der Waals surface area contributed by atoms with E-state index < -0.39 is 38.3 Å². The Morgan fingerprint density at radius 3 is 1.57 bits per heavy atom. The van der Waals surface area contributed by atoms with Crippen LogP contribution in [0.15, 0.2) is 53.1 Å². The van der Waals surface area contributed by atoms with Gasteiger partial charge in [-0.1, -0.05) is 30.9 Å². The monoisotopic (exact) mass is 349 g/mol. The Morgan fingerprint density at radius 1 is 0.857 bits per heavy atom. The first-order chi connectivity index (χ1) is 9.49. The Hall–Kier alpha value is -1.45. The summed E-state index contributed by atoms with van der Waals surface area (Å²) in [5.74, 6) is 0. The summed E-state index contributed by atoms with van der Waals surface area (Å²) in [6, 6.07) is 5.10. The topological polar surface area (TPSA) is 102 Å². The Bertz CT molecular complexity index is 821. The molecule has 0 unspecified atom stereocenters. The number of sulfone groups is 3. The Balaban J connectivity index is 3.72. The van der Waals surface area contributed by atoms with Crippen molar-refractivity contribution in [1.29, 1.82) is 0 Å². The molecule has 0 aromatic heterocycles. The molecule has 0 amide bonds. The highest BCUT2D eigenvalue weighted by atomic mass is 32.3. The second-order valence-corrected chi connectivity index (χ2v) is 10.3. The fourth-order valence-electron chi connectivity index (χ4n) is 1.42. The Kier molecular flexibility index (Phi) is 4.81. The van der Waals surface area contributed by atoms with Crippen LogP contribution < -0.4 is 0 Å². The quantitative estimate of drug-likeness (QED) is 0.718. The molecule has 9 heteroatoms. The van der Waals surface area contributed by atoms with Crippen LogP contribution in [0.1, 0.15) is 5.56 Å². The zero-order valence-electron chi connectivity index (χ0n) is 11.1. The van der Waals surface area contributed by atoms with E-state index in [4.69, 9.17) is 0 Å². The fraction of sp³-hybridized carbons (Fsp3) is 0.0833. The van der Waals surface area contributed by atoms with E-state index in [1.165, 1.54) is 12.1 Å². The molecule has 21 heavy (non-hydrogen) atoms. The smallest absolute Gasteiger partial charge is 0.0831 e. The lowest BCUT2D eigenvalue weighted by Crippen LogP contribution is -2.27. The standard InChI is InChI=1S/C12H13O6S3/c1-4-19(13,14)12(20(15,16)5-2)21(17,18)11-8-6-10(3)7-9-11/h4-9H,1-2H2,3H3/q-1. The van der Waals surface area contributed by atoms with Crippen LogP contribution in [-0.2, 0) is 29.5 Å². The van der Waals surface area contributed by atoms with Gasteiger partial charge in [0, 0.05) is 4.90 Å². The van der Waals surface area contributed by atoms with Crippen molar-refractivity contribution >= 4 is 29.5 Å². The minimum absolute atomic E-state index is 0.273. The van der Waals surface area contributed by atoms with Gasteiger partial charge in [0.1, 0.15) is 0 Å². The molecule has 116 valence electrons. The average molecular weight is 349 g/mol. The zero-order chi connectivity index (χ0) is 16.5. The molecule has 0 bridgehead atoms. The van der Waals surface area contributed by atoms with Crippen molar-refractivity contribution in [3.63, 3.8) is 0 Å². The van der Waals surface area contributed by atoms with E-state index in [-0.39, 0.29) is 10.8 Å². The van der Waals surface area contributed by atoms with Gasteiger partial charge in [0.2, 0.25) is 0 Å². The van der Waals surface area contributed by atoms with Crippen LogP contribution >= 0.6 is 0 Å². The third-order valence-corrected chi connectivity index (χ3v) is 9.70. The predicted molar refractivity (Wildman–Crippen MR) is 79.8 cm³/mol. The molecule has 1 aromatic rings. The van der Waals surface area contributed by atoms with Crippen molar-refractivity contribution in [2.24, 2.45) is 0 Å². The van der Waals surface area contributed by atoms with Crippen molar-refractivity contribution < 1.29 is 25.3 Å². The molecule has 0 fully saturated rings. The van der Waals surface area contributed by atoms with Crippen molar-refractivity contribution in [1.82, 2.24) is 0 Å². The van der Waals surface area contributed by atoms with E-state index in [1.807, 2.05) is 0 Å². The molecular formula is C12H13O6S3-. The molecule has 6 nitrogen and oxygen atoms in total. The molecule has 0 aliphatic rings. The van der Waals surface area contributed by atoms with Gasteiger partial charge in [-0.3, -0.25) is 25.3 Å². The number of hydrogen-bond acceptors (Lipinski definition) is 6. The van der Waals surface area contributed by atoms with Gasteiger partial charge >= 0.3 is 0 Å². The van der Waals surface area contributed by atoms with Gasteiger partial charge in [-0.2, -0.15) is 0 Å². The van der Waals surface area contributed by atoms with E-state index in [0.29, 0.717) is 0 Å². The van der Waals surface area contributed by atoms with Crippen LogP contribution in [0.5, 0.6) is 0 Å². The van der Waals surface area contributed by atoms with Crippen LogP contribution in [-0.4, -0.2) is 25.3 Å². The van der Waals surface area contributed by atoms with Crippen molar-refractivity contribution in [2.75, 3.05) is 0 Å². The van der Waals surface area contributed by atoms with E-state index in [2.05, 4.69) is 13.2 Å².